The van der Waals surface area contributed by atoms with Crippen LogP contribution in [0.3, 0.4) is 0 Å². The number of anilines is 2. The normalized spacial score (nSPS) is 10.1. The summed E-state index contributed by atoms with van der Waals surface area (Å²) in [6, 6.07) is 20.6. The number of hydrogen-bond acceptors (Lipinski definition) is 5. The van der Waals surface area contributed by atoms with E-state index in [1.165, 1.54) is 0 Å². The number of nitrogens with zero attached hydrogens (tertiary/aromatic N) is 1. The summed E-state index contributed by atoms with van der Waals surface area (Å²) in [5.74, 6) is 1.26. The van der Waals surface area contributed by atoms with Crippen LogP contribution in [0.15, 0.2) is 72.9 Å². The maximum atomic E-state index is 12.1. The monoisotopic (exact) mass is 363 g/mol. The number of rotatable bonds is 8. The van der Waals surface area contributed by atoms with Gasteiger partial charge in [-0.1, -0.05) is 18.2 Å². The Morgan fingerprint density at radius 1 is 0.926 bits per heavy atom. The fraction of sp³-hybridized carbons (Fsp3) is 0.143. The summed E-state index contributed by atoms with van der Waals surface area (Å²) in [6.07, 6.45) is 1.63. The zero-order valence-electron chi connectivity index (χ0n) is 15.0. The molecule has 0 aliphatic carbocycles. The zero-order valence-corrected chi connectivity index (χ0v) is 15.0. The van der Waals surface area contributed by atoms with Crippen LogP contribution in [0.1, 0.15) is 10.5 Å². The highest BCUT2D eigenvalue weighted by atomic mass is 16.5. The Morgan fingerprint density at radius 3 is 2.33 bits per heavy atom. The molecule has 2 aromatic carbocycles. The molecule has 0 radical (unpaired) electrons. The van der Waals surface area contributed by atoms with E-state index in [2.05, 4.69) is 15.6 Å². The van der Waals surface area contributed by atoms with Gasteiger partial charge in [0.2, 0.25) is 0 Å². The molecule has 27 heavy (non-hydrogen) atoms. The molecule has 0 fully saturated rings. The van der Waals surface area contributed by atoms with E-state index in [0.29, 0.717) is 18.8 Å². The topological polar surface area (TPSA) is 72.5 Å². The van der Waals surface area contributed by atoms with Gasteiger partial charge in [0, 0.05) is 5.69 Å². The van der Waals surface area contributed by atoms with E-state index in [4.69, 9.17) is 9.47 Å². The minimum atomic E-state index is -0.236. The van der Waals surface area contributed by atoms with Gasteiger partial charge in [-0.25, -0.2) is 4.98 Å². The van der Waals surface area contributed by atoms with Crippen molar-refractivity contribution >= 4 is 17.3 Å². The molecule has 3 aromatic rings. The van der Waals surface area contributed by atoms with Crippen LogP contribution in [-0.4, -0.2) is 31.2 Å². The van der Waals surface area contributed by atoms with Gasteiger partial charge in [-0.05, 0) is 48.5 Å². The Bertz CT molecular complexity index is 850. The maximum absolute atomic E-state index is 12.1. The van der Waals surface area contributed by atoms with Crippen LogP contribution >= 0.6 is 0 Å². The Kier molecular flexibility index (Phi) is 6.25. The van der Waals surface area contributed by atoms with Gasteiger partial charge in [0.1, 0.15) is 23.8 Å². The Balaban J connectivity index is 1.43. The number of carbonyl (C=O) groups is 1. The van der Waals surface area contributed by atoms with Crippen LogP contribution < -0.4 is 20.1 Å². The predicted molar refractivity (Wildman–Crippen MR) is 105 cm³/mol. The fourth-order valence-electron chi connectivity index (χ4n) is 2.39. The van der Waals surface area contributed by atoms with Crippen molar-refractivity contribution in [2.24, 2.45) is 0 Å². The molecule has 1 aromatic heterocycles. The van der Waals surface area contributed by atoms with Crippen LogP contribution in [-0.2, 0) is 0 Å². The SMILES string of the molecule is COc1ccc(OCCNC(=O)c2ccc(Nc3ccccc3)cn2)cc1. The molecule has 0 saturated heterocycles. The summed E-state index contributed by atoms with van der Waals surface area (Å²) in [4.78, 5) is 16.3. The van der Waals surface area contributed by atoms with Crippen molar-refractivity contribution < 1.29 is 14.3 Å². The molecule has 0 spiro atoms. The highest BCUT2D eigenvalue weighted by Crippen LogP contribution is 2.17. The van der Waals surface area contributed by atoms with Gasteiger partial charge >= 0.3 is 0 Å². The summed E-state index contributed by atoms with van der Waals surface area (Å²) < 4.78 is 10.7. The second-order valence-corrected chi connectivity index (χ2v) is 5.70. The van der Waals surface area contributed by atoms with E-state index in [0.717, 1.165) is 22.9 Å². The smallest absolute Gasteiger partial charge is 0.269 e. The van der Waals surface area contributed by atoms with Crippen LogP contribution in [0.4, 0.5) is 11.4 Å². The van der Waals surface area contributed by atoms with E-state index in [1.54, 1.807) is 19.4 Å². The van der Waals surface area contributed by atoms with E-state index in [1.807, 2.05) is 60.7 Å². The minimum Gasteiger partial charge on any atom is -0.497 e. The first kappa shape index (κ1) is 18.3. The molecular formula is C21H21N3O3. The molecule has 138 valence electrons. The van der Waals surface area contributed by atoms with Crippen LogP contribution in [0.25, 0.3) is 0 Å². The molecule has 0 aliphatic rings. The Labute approximate surface area is 158 Å². The second kappa shape index (κ2) is 9.24. The average molecular weight is 363 g/mol. The van der Waals surface area contributed by atoms with Gasteiger partial charge in [0.25, 0.3) is 5.91 Å². The molecule has 3 rings (SSSR count). The average Bonchev–Trinajstić information content (AvgIpc) is 2.73. The van der Waals surface area contributed by atoms with E-state index >= 15 is 0 Å². The third-order valence-corrected chi connectivity index (χ3v) is 3.77. The molecular weight excluding hydrogens is 342 g/mol. The van der Waals surface area contributed by atoms with Crippen molar-refractivity contribution in [3.05, 3.63) is 78.6 Å². The van der Waals surface area contributed by atoms with Crippen molar-refractivity contribution in [2.75, 3.05) is 25.6 Å². The number of aromatic nitrogens is 1. The van der Waals surface area contributed by atoms with Crippen molar-refractivity contribution in [1.29, 1.82) is 0 Å². The number of hydrogen-bond donors (Lipinski definition) is 2. The number of para-hydroxylation sites is 1. The van der Waals surface area contributed by atoms with Crippen molar-refractivity contribution in [2.45, 2.75) is 0 Å². The van der Waals surface area contributed by atoms with E-state index in [-0.39, 0.29) is 5.91 Å². The van der Waals surface area contributed by atoms with Gasteiger partial charge in [0.05, 0.1) is 25.5 Å². The largest absolute Gasteiger partial charge is 0.497 e. The molecule has 0 atom stereocenters. The molecule has 6 nitrogen and oxygen atoms in total. The van der Waals surface area contributed by atoms with E-state index in [9.17, 15) is 4.79 Å². The zero-order chi connectivity index (χ0) is 18.9. The lowest BCUT2D eigenvalue weighted by Crippen LogP contribution is -2.28. The quantitative estimate of drug-likeness (QED) is 0.598. The number of pyridine rings is 1. The summed E-state index contributed by atoms with van der Waals surface area (Å²) >= 11 is 0. The molecule has 0 unspecified atom stereocenters. The van der Waals surface area contributed by atoms with Crippen LogP contribution in [0.5, 0.6) is 11.5 Å². The first-order valence-corrected chi connectivity index (χ1v) is 8.58. The molecule has 1 heterocycles. The first-order chi connectivity index (χ1) is 13.2. The fourth-order valence-corrected chi connectivity index (χ4v) is 2.39. The third-order valence-electron chi connectivity index (χ3n) is 3.77. The number of methoxy groups -OCH3 is 1. The molecule has 6 heteroatoms. The first-order valence-electron chi connectivity index (χ1n) is 8.58. The van der Waals surface area contributed by atoms with Crippen molar-refractivity contribution in [3.63, 3.8) is 0 Å². The van der Waals surface area contributed by atoms with Crippen molar-refractivity contribution in [3.8, 4) is 11.5 Å². The summed E-state index contributed by atoms with van der Waals surface area (Å²) in [5, 5.41) is 6.01. The minimum absolute atomic E-state index is 0.236. The van der Waals surface area contributed by atoms with Gasteiger partial charge < -0.3 is 20.1 Å². The second-order valence-electron chi connectivity index (χ2n) is 5.70. The molecule has 2 N–H and O–H groups in total. The lowest BCUT2D eigenvalue weighted by molar-refractivity contribution is 0.0942. The molecule has 0 aliphatic heterocycles. The highest BCUT2D eigenvalue weighted by molar-refractivity contribution is 5.92. The predicted octanol–water partition coefficient (Wildman–Crippen LogP) is 3.64. The molecule has 0 bridgehead atoms. The number of benzene rings is 2. The summed E-state index contributed by atoms with van der Waals surface area (Å²) in [7, 11) is 1.61. The molecule has 0 saturated carbocycles. The van der Waals surface area contributed by atoms with Gasteiger partial charge in [0.15, 0.2) is 0 Å². The maximum Gasteiger partial charge on any atom is 0.269 e. The number of nitrogens with one attached hydrogen (secondary N) is 2. The third kappa shape index (κ3) is 5.47. The summed E-state index contributed by atoms with van der Waals surface area (Å²) in [5.41, 5.74) is 2.14. The van der Waals surface area contributed by atoms with Crippen molar-refractivity contribution in [1.82, 2.24) is 10.3 Å². The van der Waals surface area contributed by atoms with Crippen LogP contribution in [0, 0.1) is 0 Å². The molecule has 1 amide bonds. The Morgan fingerprint density at radius 2 is 1.67 bits per heavy atom. The lowest BCUT2D eigenvalue weighted by Gasteiger charge is -2.09. The van der Waals surface area contributed by atoms with E-state index < -0.39 is 0 Å². The van der Waals surface area contributed by atoms with Gasteiger partial charge in [-0.2, -0.15) is 0 Å². The number of carbonyl (C=O) groups excluding carboxylic acids is 1. The highest BCUT2D eigenvalue weighted by Gasteiger charge is 2.06. The van der Waals surface area contributed by atoms with Crippen LogP contribution in [0.2, 0.25) is 0 Å². The summed E-state index contributed by atoms with van der Waals surface area (Å²) in [6.45, 7) is 0.752. The van der Waals surface area contributed by atoms with Gasteiger partial charge in [-0.15, -0.1) is 0 Å². The number of amides is 1. The Hall–Kier alpha value is -3.54. The lowest BCUT2D eigenvalue weighted by atomic mass is 10.3. The van der Waals surface area contributed by atoms with Gasteiger partial charge in [-0.3, -0.25) is 4.79 Å². The number of ether oxygens (including phenoxy) is 2. The standard InChI is InChI=1S/C21H21N3O3/c1-26-18-8-10-19(11-9-18)27-14-13-22-21(25)20-12-7-17(15-23-20)24-16-5-3-2-4-6-16/h2-12,15,24H,13-14H2,1H3,(H,22,25).